The Morgan fingerprint density at radius 3 is 2.82 bits per heavy atom. The van der Waals surface area contributed by atoms with Crippen LogP contribution in [0.4, 0.5) is 4.39 Å². The van der Waals surface area contributed by atoms with Gasteiger partial charge < -0.3 is 14.6 Å². The normalized spacial score (nSPS) is 34.2. The van der Waals surface area contributed by atoms with Gasteiger partial charge in [-0.3, -0.25) is 4.79 Å². The molecule has 3 aromatic heterocycles. The summed E-state index contributed by atoms with van der Waals surface area (Å²) in [5.41, 5.74) is 2.82. The highest BCUT2D eigenvalue weighted by Gasteiger charge is 2.68. The number of fused-ring (bicyclic) bond motifs is 7. The SMILES string of the molecule is CC12Cc3cnn(-c4ccc(F)cc4)c3C=C1CCC1C2C(O)CC2(C)C1CC[C@]2(O)C(=O)CSc1nc2ncccc2o1. The lowest BCUT2D eigenvalue weighted by molar-refractivity contribution is -0.177. The number of benzene rings is 1. The molecule has 44 heavy (non-hydrogen) atoms. The van der Waals surface area contributed by atoms with Crippen molar-refractivity contribution in [2.24, 2.45) is 28.6 Å². The van der Waals surface area contributed by atoms with Crippen molar-refractivity contribution in [2.45, 2.75) is 69.3 Å². The molecule has 3 heterocycles. The molecule has 4 aliphatic carbocycles. The van der Waals surface area contributed by atoms with E-state index in [0.717, 1.165) is 42.6 Å². The molecule has 10 heteroatoms. The lowest BCUT2D eigenvalue weighted by atomic mass is 9.45. The number of pyridine rings is 1. The number of hydrogen-bond acceptors (Lipinski definition) is 8. The van der Waals surface area contributed by atoms with Gasteiger partial charge in [0, 0.05) is 11.6 Å². The minimum Gasteiger partial charge on any atom is -0.430 e. The molecule has 2 N–H and O–H groups in total. The molecule has 0 bridgehead atoms. The Kier molecular flexibility index (Phi) is 6.29. The van der Waals surface area contributed by atoms with Crippen LogP contribution in [-0.4, -0.2) is 53.2 Å². The predicted molar refractivity (Wildman–Crippen MR) is 163 cm³/mol. The number of aromatic nitrogens is 4. The van der Waals surface area contributed by atoms with E-state index in [0.29, 0.717) is 29.3 Å². The summed E-state index contributed by atoms with van der Waals surface area (Å²) in [4.78, 5) is 22.3. The lowest BCUT2D eigenvalue weighted by Gasteiger charge is -2.60. The minimum atomic E-state index is -1.52. The zero-order valence-corrected chi connectivity index (χ0v) is 25.6. The Morgan fingerprint density at radius 2 is 2.02 bits per heavy atom. The third-order valence-electron chi connectivity index (χ3n) is 11.6. The van der Waals surface area contributed by atoms with Crippen molar-refractivity contribution in [2.75, 3.05) is 5.75 Å². The first-order chi connectivity index (χ1) is 21.1. The van der Waals surface area contributed by atoms with Crippen LogP contribution in [0.25, 0.3) is 23.0 Å². The fraction of sp³-hybridized carbons (Fsp3) is 0.471. The van der Waals surface area contributed by atoms with Crippen molar-refractivity contribution in [3.63, 3.8) is 0 Å². The van der Waals surface area contributed by atoms with E-state index >= 15 is 0 Å². The largest absolute Gasteiger partial charge is 0.430 e. The molecule has 4 aliphatic rings. The van der Waals surface area contributed by atoms with Crippen LogP contribution in [0.1, 0.15) is 57.2 Å². The fourth-order valence-corrected chi connectivity index (χ4v) is 10.3. The highest BCUT2D eigenvalue weighted by Crippen LogP contribution is 2.67. The summed E-state index contributed by atoms with van der Waals surface area (Å²) in [5, 5.41) is 29.1. The van der Waals surface area contributed by atoms with E-state index in [1.807, 2.05) is 17.8 Å². The summed E-state index contributed by atoms with van der Waals surface area (Å²) in [6, 6.07) is 9.93. The number of carbonyl (C=O) groups is 1. The number of Topliss-reactive ketones (excluding diaryl/α,β-unsaturated/α-hetero) is 1. The fourth-order valence-electron chi connectivity index (χ4n) is 9.49. The van der Waals surface area contributed by atoms with Crippen molar-refractivity contribution < 1.29 is 23.8 Å². The van der Waals surface area contributed by atoms with Crippen molar-refractivity contribution >= 4 is 34.9 Å². The van der Waals surface area contributed by atoms with Gasteiger partial charge in [-0.05, 0) is 110 Å². The van der Waals surface area contributed by atoms with Gasteiger partial charge in [0.15, 0.2) is 17.0 Å². The molecule has 0 saturated heterocycles. The molecule has 0 radical (unpaired) electrons. The molecule has 7 atom stereocenters. The molecule has 6 unspecified atom stereocenters. The Bertz CT molecular complexity index is 1790. The lowest BCUT2D eigenvalue weighted by Crippen LogP contribution is -2.62. The third-order valence-corrected chi connectivity index (χ3v) is 12.4. The van der Waals surface area contributed by atoms with Gasteiger partial charge in [-0.2, -0.15) is 10.1 Å². The van der Waals surface area contributed by atoms with Gasteiger partial charge in [-0.25, -0.2) is 14.1 Å². The van der Waals surface area contributed by atoms with Crippen molar-refractivity contribution in [1.82, 2.24) is 19.7 Å². The van der Waals surface area contributed by atoms with E-state index in [1.165, 1.54) is 29.5 Å². The molecule has 1 aromatic carbocycles. The number of aliphatic hydroxyl groups excluding tert-OH is 1. The summed E-state index contributed by atoms with van der Waals surface area (Å²) in [6.45, 7) is 4.30. The first-order valence-corrected chi connectivity index (χ1v) is 16.4. The van der Waals surface area contributed by atoms with Crippen LogP contribution < -0.4 is 0 Å². The van der Waals surface area contributed by atoms with Gasteiger partial charge in [-0.15, -0.1) is 0 Å². The summed E-state index contributed by atoms with van der Waals surface area (Å²) in [5.74, 6) is -0.130. The van der Waals surface area contributed by atoms with E-state index in [9.17, 15) is 19.4 Å². The quantitative estimate of drug-likeness (QED) is 0.272. The maximum atomic E-state index is 13.8. The van der Waals surface area contributed by atoms with E-state index in [-0.39, 0.29) is 40.5 Å². The van der Waals surface area contributed by atoms with E-state index < -0.39 is 17.1 Å². The summed E-state index contributed by atoms with van der Waals surface area (Å²) in [7, 11) is 0. The van der Waals surface area contributed by atoms with Gasteiger partial charge in [0.1, 0.15) is 11.4 Å². The topological polar surface area (TPSA) is 114 Å². The number of ketones is 1. The van der Waals surface area contributed by atoms with Gasteiger partial charge in [0.05, 0.1) is 29.4 Å². The van der Waals surface area contributed by atoms with Crippen LogP contribution in [0.15, 0.2) is 64.0 Å². The zero-order chi connectivity index (χ0) is 30.4. The molecule has 0 spiro atoms. The predicted octanol–water partition coefficient (Wildman–Crippen LogP) is 5.79. The first kappa shape index (κ1) is 28.2. The average Bonchev–Trinajstić information content (AvgIpc) is 3.68. The van der Waals surface area contributed by atoms with Gasteiger partial charge >= 0.3 is 0 Å². The van der Waals surface area contributed by atoms with Gasteiger partial charge in [0.25, 0.3) is 5.22 Å². The summed E-state index contributed by atoms with van der Waals surface area (Å²) < 4.78 is 21.2. The number of rotatable bonds is 5. The first-order valence-electron chi connectivity index (χ1n) is 15.4. The van der Waals surface area contributed by atoms with Crippen molar-refractivity contribution in [3.05, 3.63) is 71.4 Å². The van der Waals surface area contributed by atoms with Gasteiger partial charge in [0.2, 0.25) is 0 Å². The second-order valence-electron chi connectivity index (χ2n) is 13.6. The second-order valence-corrected chi connectivity index (χ2v) is 14.6. The summed E-state index contributed by atoms with van der Waals surface area (Å²) in [6.07, 6.45) is 9.20. The maximum absolute atomic E-state index is 13.8. The Balaban J connectivity index is 1.05. The van der Waals surface area contributed by atoms with Crippen LogP contribution in [0.3, 0.4) is 0 Å². The second kappa shape index (κ2) is 9.83. The third kappa shape index (κ3) is 3.96. The number of carbonyl (C=O) groups excluding carboxylic acids is 1. The van der Waals surface area contributed by atoms with E-state index in [4.69, 9.17) is 4.42 Å². The molecular formula is C34H35FN4O4S. The molecule has 8 nitrogen and oxygen atoms in total. The molecule has 3 fully saturated rings. The molecule has 8 rings (SSSR count). The molecule has 3 saturated carbocycles. The molecule has 4 aromatic rings. The number of thioether (sulfide) groups is 1. The number of nitrogens with zero attached hydrogens (tertiary/aromatic N) is 4. The minimum absolute atomic E-state index is 0.0157. The number of aliphatic hydroxyl groups is 2. The van der Waals surface area contributed by atoms with E-state index in [2.05, 4.69) is 28.1 Å². The number of oxazole rings is 1. The Hall–Kier alpha value is -3.34. The average molecular weight is 615 g/mol. The molecular weight excluding hydrogens is 579 g/mol. The number of allylic oxidation sites excluding steroid dienone is 1. The standard InChI is InChI=1S/C34H35FN4O4S/c1-32-15-19-17-37-39(22-8-6-21(35)7-9-22)25(19)14-20(32)5-10-23-24-11-12-34(42,33(24,2)16-26(40)29(23)32)28(41)18-44-31-38-30-27(43-31)4-3-13-36-30/h3-4,6-9,13-14,17,23-24,26,29,40,42H,5,10-12,15-16,18H2,1-2H3/t23?,24?,26?,29?,32?,33?,34-/m0/s1. The molecule has 0 amide bonds. The Morgan fingerprint density at radius 1 is 1.20 bits per heavy atom. The highest BCUT2D eigenvalue weighted by atomic mass is 32.2. The maximum Gasteiger partial charge on any atom is 0.258 e. The number of halogens is 1. The summed E-state index contributed by atoms with van der Waals surface area (Å²) >= 11 is 1.19. The van der Waals surface area contributed by atoms with Gasteiger partial charge in [-0.1, -0.05) is 31.2 Å². The van der Waals surface area contributed by atoms with Crippen molar-refractivity contribution in [3.8, 4) is 5.69 Å². The monoisotopic (exact) mass is 614 g/mol. The van der Waals surface area contributed by atoms with Crippen LogP contribution in [0, 0.1) is 34.4 Å². The Labute approximate surface area is 258 Å². The molecule has 0 aliphatic heterocycles. The zero-order valence-electron chi connectivity index (χ0n) is 24.7. The number of hydrogen-bond donors (Lipinski definition) is 2. The highest BCUT2D eigenvalue weighted by molar-refractivity contribution is 7.99. The molecule has 228 valence electrons. The van der Waals surface area contributed by atoms with E-state index in [1.54, 1.807) is 30.5 Å². The van der Waals surface area contributed by atoms with Crippen molar-refractivity contribution in [1.29, 1.82) is 0 Å². The van der Waals surface area contributed by atoms with Crippen LogP contribution in [0.5, 0.6) is 0 Å². The van der Waals surface area contributed by atoms with Crippen LogP contribution in [0.2, 0.25) is 0 Å². The smallest absolute Gasteiger partial charge is 0.258 e. The van der Waals surface area contributed by atoms with Crippen LogP contribution >= 0.6 is 11.8 Å². The van der Waals surface area contributed by atoms with Crippen LogP contribution in [-0.2, 0) is 11.2 Å².